The van der Waals surface area contributed by atoms with Crippen LogP contribution in [0.25, 0.3) is 49.9 Å². The summed E-state index contributed by atoms with van der Waals surface area (Å²) in [4.78, 5) is 9.23. The molecule has 0 N–H and O–H groups in total. The van der Waals surface area contributed by atoms with E-state index < -0.39 is 0 Å². The van der Waals surface area contributed by atoms with Crippen LogP contribution in [-0.2, 0) is 0 Å². The third-order valence-corrected chi connectivity index (χ3v) is 6.74. The molecule has 0 saturated heterocycles. The van der Waals surface area contributed by atoms with Crippen molar-refractivity contribution in [3.05, 3.63) is 114 Å². The van der Waals surface area contributed by atoms with E-state index in [1.54, 1.807) is 0 Å². The van der Waals surface area contributed by atoms with Gasteiger partial charge in [-0.1, -0.05) is 54.6 Å². The maximum Gasteiger partial charge on any atom is 0.126 e. The van der Waals surface area contributed by atoms with Crippen LogP contribution in [0.2, 0.25) is 0 Å². The van der Waals surface area contributed by atoms with Crippen molar-refractivity contribution >= 4 is 21.8 Å². The molecule has 0 spiro atoms. The first kappa shape index (κ1) is 21.8. The molecule has 0 atom stereocenters. The molecule has 0 radical (unpaired) electrons. The third-order valence-electron chi connectivity index (χ3n) is 6.74. The molecule has 0 aliphatic rings. The lowest BCUT2D eigenvalue weighted by Crippen LogP contribution is -2.01. The molecule has 0 saturated carbocycles. The molecule has 0 aliphatic carbocycles. The standard InChI is InChI=1S/C32H24N4/c1-20-8-4-5-9-25(20)24-13-15-27-26-10-6-7-11-30(26)36(32(27)18-24)31-17-23(19-33)12-14-28(31)29-16-21(2)34-22(3)35-29/h4-18H,1-3H3. The second-order valence-electron chi connectivity index (χ2n) is 9.18. The van der Waals surface area contributed by atoms with E-state index in [-0.39, 0.29) is 0 Å². The minimum absolute atomic E-state index is 0.609. The third kappa shape index (κ3) is 3.54. The number of fused-ring (bicyclic) bond motifs is 3. The van der Waals surface area contributed by atoms with Crippen molar-refractivity contribution in [2.75, 3.05) is 0 Å². The maximum atomic E-state index is 9.77. The van der Waals surface area contributed by atoms with Gasteiger partial charge in [0.15, 0.2) is 0 Å². The van der Waals surface area contributed by atoms with E-state index in [9.17, 15) is 5.26 Å². The minimum Gasteiger partial charge on any atom is -0.308 e. The number of aromatic nitrogens is 3. The lowest BCUT2D eigenvalue weighted by molar-refractivity contribution is 1.01. The molecule has 36 heavy (non-hydrogen) atoms. The number of hydrogen-bond donors (Lipinski definition) is 0. The van der Waals surface area contributed by atoms with Gasteiger partial charge in [0.25, 0.3) is 0 Å². The van der Waals surface area contributed by atoms with E-state index in [2.05, 4.69) is 89.3 Å². The highest BCUT2D eigenvalue weighted by Gasteiger charge is 2.18. The smallest absolute Gasteiger partial charge is 0.126 e. The summed E-state index contributed by atoms with van der Waals surface area (Å²) in [5, 5.41) is 12.1. The zero-order valence-electron chi connectivity index (χ0n) is 20.4. The summed E-state index contributed by atoms with van der Waals surface area (Å²) in [7, 11) is 0. The number of benzene rings is 4. The van der Waals surface area contributed by atoms with Crippen LogP contribution in [0, 0.1) is 32.1 Å². The molecule has 4 aromatic carbocycles. The zero-order valence-corrected chi connectivity index (χ0v) is 20.4. The summed E-state index contributed by atoms with van der Waals surface area (Å²) in [5.74, 6) is 0.726. The van der Waals surface area contributed by atoms with Crippen molar-refractivity contribution in [1.29, 1.82) is 5.26 Å². The van der Waals surface area contributed by atoms with E-state index in [4.69, 9.17) is 4.98 Å². The van der Waals surface area contributed by atoms with Crippen LogP contribution in [0.3, 0.4) is 0 Å². The number of rotatable bonds is 3. The molecule has 6 rings (SSSR count). The fourth-order valence-corrected chi connectivity index (χ4v) is 5.15. The predicted molar refractivity (Wildman–Crippen MR) is 146 cm³/mol. The van der Waals surface area contributed by atoms with Gasteiger partial charge in [-0.15, -0.1) is 0 Å². The Kier molecular flexibility index (Phi) is 5.13. The molecule has 4 heteroatoms. The molecule has 2 heterocycles. The van der Waals surface area contributed by atoms with Gasteiger partial charge in [-0.2, -0.15) is 5.26 Å². The molecule has 2 aromatic heterocycles. The number of para-hydroxylation sites is 1. The topological polar surface area (TPSA) is 54.5 Å². The molecule has 6 aromatic rings. The van der Waals surface area contributed by atoms with E-state index in [0.717, 1.165) is 45.1 Å². The molecule has 0 bridgehead atoms. The van der Waals surface area contributed by atoms with E-state index in [1.807, 2.05) is 38.1 Å². The summed E-state index contributed by atoms with van der Waals surface area (Å²) >= 11 is 0. The maximum absolute atomic E-state index is 9.77. The van der Waals surface area contributed by atoms with Crippen molar-refractivity contribution in [1.82, 2.24) is 14.5 Å². The quantitative estimate of drug-likeness (QED) is 0.270. The number of aryl methyl sites for hydroxylation is 3. The van der Waals surface area contributed by atoms with Crippen LogP contribution < -0.4 is 0 Å². The highest BCUT2D eigenvalue weighted by atomic mass is 15.0. The Balaban J connectivity index is 1.73. The fourth-order valence-electron chi connectivity index (χ4n) is 5.15. The fraction of sp³-hybridized carbons (Fsp3) is 0.0938. The molecular weight excluding hydrogens is 440 g/mol. The first-order chi connectivity index (χ1) is 17.5. The summed E-state index contributed by atoms with van der Waals surface area (Å²) in [6.07, 6.45) is 0. The highest BCUT2D eigenvalue weighted by Crippen LogP contribution is 2.38. The normalized spacial score (nSPS) is 11.2. The van der Waals surface area contributed by atoms with Gasteiger partial charge in [0.1, 0.15) is 5.82 Å². The van der Waals surface area contributed by atoms with E-state index in [1.165, 1.54) is 21.9 Å². The van der Waals surface area contributed by atoms with Crippen LogP contribution in [0.15, 0.2) is 91.0 Å². The van der Waals surface area contributed by atoms with Gasteiger partial charge in [-0.05, 0) is 73.9 Å². The van der Waals surface area contributed by atoms with E-state index in [0.29, 0.717) is 5.56 Å². The summed E-state index contributed by atoms with van der Waals surface area (Å²) < 4.78 is 2.27. The summed E-state index contributed by atoms with van der Waals surface area (Å²) in [5.41, 5.74) is 10.1. The van der Waals surface area contributed by atoms with Crippen molar-refractivity contribution in [2.24, 2.45) is 0 Å². The molecule has 0 fully saturated rings. The number of nitriles is 1. The Morgan fingerprint density at radius 1 is 0.694 bits per heavy atom. The first-order valence-corrected chi connectivity index (χ1v) is 12.0. The van der Waals surface area contributed by atoms with Gasteiger partial charge in [0.05, 0.1) is 34.0 Å². The minimum atomic E-state index is 0.609. The zero-order chi connectivity index (χ0) is 24.8. The second-order valence-corrected chi connectivity index (χ2v) is 9.18. The van der Waals surface area contributed by atoms with Gasteiger partial charge >= 0.3 is 0 Å². The van der Waals surface area contributed by atoms with Gasteiger partial charge < -0.3 is 4.57 Å². The Bertz CT molecular complexity index is 1820. The monoisotopic (exact) mass is 464 g/mol. The van der Waals surface area contributed by atoms with Gasteiger partial charge in [0.2, 0.25) is 0 Å². The number of hydrogen-bond acceptors (Lipinski definition) is 3. The lowest BCUT2D eigenvalue weighted by Gasteiger charge is -2.15. The van der Waals surface area contributed by atoms with Crippen molar-refractivity contribution in [2.45, 2.75) is 20.8 Å². The van der Waals surface area contributed by atoms with Crippen molar-refractivity contribution in [3.8, 4) is 34.1 Å². The van der Waals surface area contributed by atoms with Gasteiger partial charge in [-0.3, -0.25) is 0 Å². The van der Waals surface area contributed by atoms with Crippen molar-refractivity contribution in [3.63, 3.8) is 0 Å². The van der Waals surface area contributed by atoms with Crippen LogP contribution in [-0.4, -0.2) is 14.5 Å². The van der Waals surface area contributed by atoms with E-state index >= 15 is 0 Å². The lowest BCUT2D eigenvalue weighted by atomic mass is 9.99. The summed E-state index contributed by atoms with van der Waals surface area (Å²) in [6, 6.07) is 33.7. The first-order valence-electron chi connectivity index (χ1n) is 12.0. The molecular formula is C32H24N4. The molecule has 172 valence electrons. The van der Waals surface area contributed by atoms with Gasteiger partial charge in [0, 0.05) is 22.0 Å². The van der Waals surface area contributed by atoms with Crippen LogP contribution in [0.5, 0.6) is 0 Å². The second kappa shape index (κ2) is 8.48. The predicted octanol–water partition coefficient (Wildman–Crippen LogP) is 7.70. The van der Waals surface area contributed by atoms with Crippen LogP contribution >= 0.6 is 0 Å². The largest absolute Gasteiger partial charge is 0.308 e. The van der Waals surface area contributed by atoms with Gasteiger partial charge in [-0.25, -0.2) is 9.97 Å². The van der Waals surface area contributed by atoms with Crippen LogP contribution in [0.4, 0.5) is 0 Å². The molecule has 0 unspecified atom stereocenters. The SMILES string of the molecule is Cc1cc(-c2ccc(C#N)cc2-n2c3ccccc3c3ccc(-c4ccccc4C)cc32)nc(C)n1. The summed E-state index contributed by atoms with van der Waals surface area (Å²) in [6.45, 7) is 6.04. The molecule has 4 nitrogen and oxygen atoms in total. The highest BCUT2D eigenvalue weighted by molar-refractivity contribution is 6.10. The Labute approximate surface area is 210 Å². The van der Waals surface area contributed by atoms with Crippen molar-refractivity contribution < 1.29 is 0 Å². The molecule has 0 amide bonds. The van der Waals surface area contributed by atoms with Crippen LogP contribution in [0.1, 0.15) is 22.6 Å². The average molecular weight is 465 g/mol. The molecule has 0 aliphatic heterocycles. The Morgan fingerprint density at radius 2 is 1.47 bits per heavy atom. The Hall–Kier alpha value is -4.75. The Morgan fingerprint density at radius 3 is 2.28 bits per heavy atom. The number of nitrogens with zero attached hydrogens (tertiary/aromatic N) is 4. The average Bonchev–Trinajstić information content (AvgIpc) is 3.21.